The van der Waals surface area contributed by atoms with Gasteiger partial charge in [-0.25, -0.2) is 13.1 Å². The van der Waals surface area contributed by atoms with Gasteiger partial charge in [0.25, 0.3) is 0 Å². The summed E-state index contributed by atoms with van der Waals surface area (Å²) in [6.45, 7) is 1.21. The quantitative estimate of drug-likeness (QED) is 0.644. The van der Waals surface area contributed by atoms with Gasteiger partial charge >= 0.3 is 0 Å². The molecule has 120 valence electrons. The number of sulfonamides is 1. The molecule has 0 atom stereocenters. The molecule has 5 nitrogen and oxygen atoms in total. The van der Waals surface area contributed by atoms with Gasteiger partial charge in [0.15, 0.2) is 0 Å². The Morgan fingerprint density at radius 2 is 2.14 bits per heavy atom. The van der Waals surface area contributed by atoms with Crippen molar-refractivity contribution in [2.75, 3.05) is 25.6 Å². The Kier molecular flexibility index (Phi) is 6.16. The van der Waals surface area contributed by atoms with Gasteiger partial charge in [0.05, 0.1) is 4.90 Å². The van der Waals surface area contributed by atoms with Crippen LogP contribution in [0.5, 0.6) is 0 Å². The van der Waals surface area contributed by atoms with Gasteiger partial charge in [0, 0.05) is 31.0 Å². The van der Waals surface area contributed by atoms with Crippen LogP contribution in [0.3, 0.4) is 0 Å². The molecule has 0 saturated heterocycles. The van der Waals surface area contributed by atoms with Crippen LogP contribution in [-0.2, 0) is 16.6 Å². The summed E-state index contributed by atoms with van der Waals surface area (Å²) in [5.41, 5.74) is 1.04. The summed E-state index contributed by atoms with van der Waals surface area (Å²) < 4.78 is 29.5. The van der Waals surface area contributed by atoms with Crippen LogP contribution in [0.1, 0.15) is 37.4 Å². The average Bonchev–Trinajstić information content (AvgIpc) is 3.20. The van der Waals surface area contributed by atoms with E-state index in [2.05, 4.69) is 20.9 Å². The molecule has 0 unspecified atom stereocenters. The fourth-order valence-electron chi connectivity index (χ4n) is 2.32. The number of rotatable bonds is 10. The van der Waals surface area contributed by atoms with Crippen molar-refractivity contribution in [1.82, 2.24) is 14.6 Å². The van der Waals surface area contributed by atoms with E-state index in [0.29, 0.717) is 24.0 Å². The van der Waals surface area contributed by atoms with Crippen LogP contribution in [0.2, 0.25) is 0 Å². The summed E-state index contributed by atoms with van der Waals surface area (Å²) in [7, 11) is -1.50. The van der Waals surface area contributed by atoms with Gasteiger partial charge in [-0.1, -0.05) is 0 Å². The second kappa shape index (κ2) is 7.67. The summed E-state index contributed by atoms with van der Waals surface area (Å²) in [5, 5.41) is 3.10. The summed E-state index contributed by atoms with van der Waals surface area (Å²) in [5.74, 6) is 1.08. The van der Waals surface area contributed by atoms with Gasteiger partial charge in [0.2, 0.25) is 10.0 Å². The van der Waals surface area contributed by atoms with Crippen molar-refractivity contribution in [3.63, 3.8) is 0 Å². The van der Waals surface area contributed by atoms with Crippen LogP contribution in [0.4, 0.5) is 0 Å². The molecule has 0 aromatic carbocycles. The summed E-state index contributed by atoms with van der Waals surface area (Å²) in [6.07, 6.45) is 8.06. The maximum absolute atomic E-state index is 12.3. The number of aromatic nitrogens is 1. The fraction of sp³-hybridized carbons (Fsp3) is 0.714. The van der Waals surface area contributed by atoms with Gasteiger partial charge in [-0.05, 0) is 50.8 Å². The largest absolute Gasteiger partial charge is 0.346 e. The molecule has 2 N–H and O–H groups in total. The third-order valence-corrected chi connectivity index (χ3v) is 5.71. The lowest BCUT2D eigenvalue weighted by Gasteiger charge is -2.06. The van der Waals surface area contributed by atoms with Crippen LogP contribution in [0.15, 0.2) is 17.2 Å². The smallest absolute Gasteiger partial charge is 0.242 e. The van der Waals surface area contributed by atoms with Crippen molar-refractivity contribution >= 4 is 21.8 Å². The van der Waals surface area contributed by atoms with Crippen LogP contribution in [0.25, 0.3) is 0 Å². The monoisotopic (exact) mass is 331 g/mol. The van der Waals surface area contributed by atoms with Crippen molar-refractivity contribution in [3.05, 3.63) is 18.0 Å². The molecule has 1 aromatic rings. The molecule has 0 radical (unpaired) electrons. The Morgan fingerprint density at radius 3 is 2.76 bits per heavy atom. The molecule has 1 fully saturated rings. The Labute approximate surface area is 131 Å². The third kappa shape index (κ3) is 4.74. The Bertz CT molecular complexity index is 551. The third-order valence-electron chi connectivity index (χ3n) is 3.58. The number of hydrogen-bond donors (Lipinski definition) is 2. The number of nitrogens with zero attached hydrogens (tertiary/aromatic N) is 1. The van der Waals surface area contributed by atoms with Crippen molar-refractivity contribution in [3.8, 4) is 0 Å². The molecule has 0 aliphatic heterocycles. The van der Waals surface area contributed by atoms with E-state index in [-0.39, 0.29) is 0 Å². The normalized spacial score (nSPS) is 15.5. The Morgan fingerprint density at radius 1 is 1.38 bits per heavy atom. The first-order valence-corrected chi connectivity index (χ1v) is 10.3. The molecule has 21 heavy (non-hydrogen) atoms. The molecule has 1 saturated carbocycles. The maximum atomic E-state index is 12.3. The minimum Gasteiger partial charge on any atom is -0.346 e. The molecule has 0 spiro atoms. The highest BCUT2D eigenvalue weighted by atomic mass is 32.2. The topological polar surface area (TPSA) is 63.1 Å². The molecule has 1 aromatic heterocycles. The molecular weight excluding hydrogens is 306 g/mol. The second-order valence-electron chi connectivity index (χ2n) is 5.43. The molecule has 2 rings (SSSR count). The van der Waals surface area contributed by atoms with E-state index in [1.54, 1.807) is 24.0 Å². The van der Waals surface area contributed by atoms with E-state index in [1.807, 2.05) is 7.05 Å². The fourth-order valence-corrected chi connectivity index (χ4v) is 3.94. The highest BCUT2D eigenvalue weighted by Crippen LogP contribution is 2.37. The van der Waals surface area contributed by atoms with Gasteiger partial charge in [-0.15, -0.1) is 0 Å². The molecule has 1 aliphatic carbocycles. The van der Waals surface area contributed by atoms with Crippen molar-refractivity contribution in [1.29, 1.82) is 0 Å². The van der Waals surface area contributed by atoms with Crippen LogP contribution < -0.4 is 10.0 Å². The van der Waals surface area contributed by atoms with E-state index in [1.165, 1.54) is 0 Å². The lowest BCUT2D eigenvalue weighted by molar-refractivity contribution is 0.578. The van der Waals surface area contributed by atoms with E-state index < -0.39 is 10.0 Å². The lowest BCUT2D eigenvalue weighted by Crippen LogP contribution is -2.24. The molecule has 0 amide bonds. The van der Waals surface area contributed by atoms with Gasteiger partial charge in [-0.2, -0.15) is 11.8 Å². The zero-order chi connectivity index (χ0) is 15.3. The number of thioether (sulfide) groups is 1. The molecule has 1 heterocycles. The first kappa shape index (κ1) is 16.9. The van der Waals surface area contributed by atoms with Gasteiger partial charge in [0.1, 0.15) is 0 Å². The Balaban J connectivity index is 2.00. The Hall–Kier alpha value is -0.500. The lowest BCUT2D eigenvalue weighted by atomic mass is 10.3. The number of nitrogens with one attached hydrogen (secondary N) is 2. The highest BCUT2D eigenvalue weighted by Gasteiger charge is 2.27. The maximum Gasteiger partial charge on any atom is 0.242 e. The van der Waals surface area contributed by atoms with Crippen molar-refractivity contribution < 1.29 is 8.42 Å². The molecule has 7 heteroatoms. The number of unbranched alkanes of at least 4 members (excludes halogenated alkanes) is 1. The van der Waals surface area contributed by atoms with Crippen LogP contribution >= 0.6 is 11.8 Å². The van der Waals surface area contributed by atoms with Crippen molar-refractivity contribution in [2.24, 2.45) is 0 Å². The molecule has 0 bridgehead atoms. The minimum atomic E-state index is -3.38. The van der Waals surface area contributed by atoms with E-state index in [0.717, 1.165) is 37.1 Å². The standard InChI is InChI=1S/C14H25N3O2S2/c1-15-10-13-9-14(11-17(13)12-5-6-12)21(18,19)16-7-3-4-8-20-2/h9,11-12,15-16H,3-8,10H2,1-2H3. The summed E-state index contributed by atoms with van der Waals surface area (Å²) in [6, 6.07) is 2.28. The van der Waals surface area contributed by atoms with Gasteiger partial charge in [-0.3, -0.25) is 0 Å². The van der Waals surface area contributed by atoms with Crippen LogP contribution in [-0.4, -0.2) is 38.6 Å². The predicted molar refractivity (Wildman–Crippen MR) is 88.3 cm³/mol. The zero-order valence-corrected chi connectivity index (χ0v) is 14.4. The molecular formula is C14H25N3O2S2. The van der Waals surface area contributed by atoms with Crippen molar-refractivity contribution in [2.45, 2.75) is 43.2 Å². The minimum absolute atomic E-state index is 0.393. The predicted octanol–water partition coefficient (Wildman–Crippen LogP) is 1.96. The average molecular weight is 332 g/mol. The van der Waals surface area contributed by atoms with Gasteiger partial charge < -0.3 is 9.88 Å². The van der Waals surface area contributed by atoms with E-state index in [4.69, 9.17) is 0 Å². The first-order chi connectivity index (χ1) is 10.1. The summed E-state index contributed by atoms with van der Waals surface area (Å²) in [4.78, 5) is 0.393. The molecule has 1 aliphatic rings. The zero-order valence-electron chi connectivity index (χ0n) is 12.8. The summed E-state index contributed by atoms with van der Waals surface area (Å²) >= 11 is 1.79. The van der Waals surface area contributed by atoms with E-state index in [9.17, 15) is 8.42 Å². The van der Waals surface area contributed by atoms with E-state index >= 15 is 0 Å². The van der Waals surface area contributed by atoms with Crippen LogP contribution in [0, 0.1) is 0 Å². The highest BCUT2D eigenvalue weighted by molar-refractivity contribution is 7.98. The second-order valence-corrected chi connectivity index (χ2v) is 8.19. The first-order valence-electron chi connectivity index (χ1n) is 7.42. The number of hydrogen-bond acceptors (Lipinski definition) is 4. The SMILES string of the molecule is CNCc1cc(S(=O)(=O)NCCCCSC)cn1C1CC1.